The molecule has 0 saturated carbocycles. The first-order valence-corrected chi connectivity index (χ1v) is 7.49. The molecule has 13 heavy (non-hydrogen) atoms. The van der Waals surface area contributed by atoms with E-state index < -0.39 is 13.0 Å². The summed E-state index contributed by atoms with van der Waals surface area (Å²) in [4.78, 5) is 2.25. The molecule has 1 N–H and O–H groups in total. The predicted octanol–water partition coefficient (Wildman–Crippen LogP) is 1.27. The molecule has 1 unspecified atom stereocenters. The number of hydrogen-bond donors (Lipinski definition) is 1. The molecule has 1 aliphatic heterocycles. The number of rotatable bonds is 2. The molecule has 0 spiro atoms. The number of nitrogens with zero attached hydrogens (tertiary/aromatic N) is 1. The minimum Gasteiger partial charge on any atom is -0.385 e. The topological polar surface area (TPSA) is 40.5 Å². The molecule has 0 aliphatic carbocycles. The lowest BCUT2D eigenvalue weighted by Crippen LogP contribution is -2.35. The Morgan fingerprint density at radius 1 is 1.38 bits per heavy atom. The summed E-state index contributed by atoms with van der Waals surface area (Å²) in [6.45, 7) is 5.38. The van der Waals surface area contributed by atoms with Crippen LogP contribution in [-0.2, 0) is 4.57 Å². The van der Waals surface area contributed by atoms with Crippen LogP contribution in [0.3, 0.4) is 0 Å². The molecule has 1 aliphatic rings. The first-order chi connectivity index (χ1) is 5.91. The summed E-state index contributed by atoms with van der Waals surface area (Å²) in [7, 11) is -0.225. The van der Waals surface area contributed by atoms with E-state index in [0.29, 0.717) is 0 Å². The van der Waals surface area contributed by atoms with E-state index in [4.69, 9.17) is 0 Å². The van der Waals surface area contributed by atoms with Gasteiger partial charge in [-0.05, 0) is 52.2 Å². The summed E-state index contributed by atoms with van der Waals surface area (Å²) in [5.74, 6) is -0.335. The molecular formula is C9H20NO2P. The second-order valence-corrected chi connectivity index (χ2v) is 7.89. The first kappa shape index (κ1) is 11.2. The Bertz CT molecular complexity index is 206. The maximum Gasteiger partial charge on any atom is 0.109 e. The molecule has 78 valence electrons. The molecule has 1 saturated heterocycles. The highest BCUT2D eigenvalue weighted by molar-refractivity contribution is 7.62. The highest BCUT2D eigenvalue weighted by Crippen LogP contribution is 2.46. The molecule has 0 aromatic carbocycles. The maximum atomic E-state index is 11.6. The Balaban J connectivity index is 2.50. The zero-order valence-electron chi connectivity index (χ0n) is 8.73. The number of aliphatic hydroxyl groups excluding tert-OH is 1. The van der Waals surface area contributed by atoms with Crippen LogP contribution in [0.4, 0.5) is 0 Å². The molecule has 1 fully saturated rings. The molecule has 1 atom stereocenters. The number of piperidine rings is 1. The molecule has 4 heteroatoms. The highest BCUT2D eigenvalue weighted by Gasteiger charge is 2.31. The summed E-state index contributed by atoms with van der Waals surface area (Å²) >= 11 is 0. The van der Waals surface area contributed by atoms with Gasteiger partial charge in [-0.15, -0.1) is 0 Å². The van der Waals surface area contributed by atoms with Crippen LogP contribution >= 0.6 is 7.14 Å². The third-order valence-corrected chi connectivity index (χ3v) is 4.52. The van der Waals surface area contributed by atoms with Crippen molar-refractivity contribution in [2.24, 2.45) is 5.92 Å². The van der Waals surface area contributed by atoms with E-state index in [2.05, 4.69) is 11.9 Å². The fourth-order valence-electron chi connectivity index (χ4n) is 1.83. The number of likely N-dealkylation sites (tertiary alicyclic amines) is 1. The standard InChI is InChI=1S/C9H20NO2P/c1-10-6-4-8(5-7-10)9(11)13(2,3)12/h8-9,11H,4-7H2,1-3H3. The van der Waals surface area contributed by atoms with E-state index >= 15 is 0 Å². The van der Waals surface area contributed by atoms with Crippen LogP contribution < -0.4 is 0 Å². The van der Waals surface area contributed by atoms with Crippen LogP contribution in [0.1, 0.15) is 12.8 Å². The summed E-state index contributed by atoms with van der Waals surface area (Å²) < 4.78 is 11.6. The number of hydrogen-bond acceptors (Lipinski definition) is 3. The quantitative estimate of drug-likeness (QED) is 0.690. The molecule has 3 nitrogen and oxygen atoms in total. The van der Waals surface area contributed by atoms with Gasteiger partial charge < -0.3 is 14.6 Å². The Morgan fingerprint density at radius 2 is 1.85 bits per heavy atom. The van der Waals surface area contributed by atoms with Gasteiger partial charge in [-0.1, -0.05) is 0 Å². The molecule has 0 amide bonds. The summed E-state index contributed by atoms with van der Waals surface area (Å²) in [5, 5.41) is 9.82. The van der Waals surface area contributed by atoms with Gasteiger partial charge in [0, 0.05) is 0 Å². The Labute approximate surface area is 80.5 Å². The summed E-state index contributed by atoms with van der Waals surface area (Å²) in [6.07, 6.45) is 1.95. The van der Waals surface area contributed by atoms with Crippen LogP contribution in [0.15, 0.2) is 0 Å². The normalized spacial score (nSPS) is 24.6. The monoisotopic (exact) mass is 205 g/mol. The highest BCUT2D eigenvalue weighted by atomic mass is 31.2. The van der Waals surface area contributed by atoms with Crippen molar-refractivity contribution in [1.82, 2.24) is 4.90 Å². The van der Waals surface area contributed by atoms with Crippen molar-refractivity contribution in [3.8, 4) is 0 Å². The molecule has 1 rings (SSSR count). The molecule has 0 radical (unpaired) electrons. The minimum atomic E-state index is -2.31. The molecule has 0 bridgehead atoms. The lowest BCUT2D eigenvalue weighted by Gasteiger charge is -2.33. The van der Waals surface area contributed by atoms with Gasteiger partial charge in [0.25, 0.3) is 0 Å². The smallest absolute Gasteiger partial charge is 0.109 e. The van der Waals surface area contributed by atoms with E-state index in [1.807, 2.05) is 0 Å². The van der Waals surface area contributed by atoms with Gasteiger partial charge in [0.05, 0.1) is 0 Å². The van der Waals surface area contributed by atoms with Gasteiger partial charge in [-0.2, -0.15) is 0 Å². The Morgan fingerprint density at radius 3 is 2.23 bits per heavy atom. The van der Waals surface area contributed by atoms with Crippen molar-refractivity contribution in [3.63, 3.8) is 0 Å². The third-order valence-electron chi connectivity index (χ3n) is 2.82. The van der Waals surface area contributed by atoms with Crippen molar-refractivity contribution >= 4 is 7.14 Å². The average molecular weight is 205 g/mol. The molecule has 0 aromatic heterocycles. The zero-order valence-corrected chi connectivity index (χ0v) is 9.63. The molecule has 1 heterocycles. The Kier molecular flexibility index (Phi) is 3.56. The Hall–Kier alpha value is 0.150. The maximum absolute atomic E-state index is 11.6. The van der Waals surface area contributed by atoms with Crippen LogP contribution in [0.5, 0.6) is 0 Å². The van der Waals surface area contributed by atoms with Gasteiger partial charge in [-0.25, -0.2) is 0 Å². The van der Waals surface area contributed by atoms with E-state index in [-0.39, 0.29) is 5.92 Å². The van der Waals surface area contributed by atoms with E-state index in [9.17, 15) is 9.67 Å². The van der Waals surface area contributed by atoms with Gasteiger partial charge in [0.15, 0.2) is 0 Å². The predicted molar refractivity (Wildman–Crippen MR) is 55.7 cm³/mol. The number of aliphatic hydroxyl groups is 1. The molecule has 0 aromatic rings. The average Bonchev–Trinajstić information content (AvgIpc) is 2.03. The largest absolute Gasteiger partial charge is 0.385 e. The van der Waals surface area contributed by atoms with Gasteiger partial charge >= 0.3 is 0 Å². The van der Waals surface area contributed by atoms with Crippen molar-refractivity contribution in [1.29, 1.82) is 0 Å². The SMILES string of the molecule is CN1CCC(C(O)P(C)(C)=O)CC1. The van der Waals surface area contributed by atoms with Crippen LogP contribution in [0.25, 0.3) is 0 Å². The van der Waals surface area contributed by atoms with Gasteiger partial charge in [0.1, 0.15) is 13.0 Å². The lowest BCUT2D eigenvalue weighted by atomic mass is 9.98. The van der Waals surface area contributed by atoms with E-state index in [0.717, 1.165) is 25.9 Å². The molecular weight excluding hydrogens is 185 g/mol. The third kappa shape index (κ3) is 3.08. The van der Waals surface area contributed by atoms with Crippen LogP contribution in [0.2, 0.25) is 0 Å². The second-order valence-electron chi connectivity index (χ2n) is 4.49. The zero-order chi connectivity index (χ0) is 10.1. The minimum absolute atomic E-state index is 0.247. The summed E-state index contributed by atoms with van der Waals surface area (Å²) in [6, 6.07) is 0. The van der Waals surface area contributed by atoms with Crippen molar-refractivity contribution in [2.75, 3.05) is 33.5 Å². The fraction of sp³-hybridized carbons (Fsp3) is 1.00. The van der Waals surface area contributed by atoms with Gasteiger partial charge in [-0.3, -0.25) is 0 Å². The van der Waals surface area contributed by atoms with E-state index in [1.54, 1.807) is 13.3 Å². The fourth-order valence-corrected chi connectivity index (χ4v) is 3.15. The summed E-state index contributed by atoms with van der Waals surface area (Å²) in [5.41, 5.74) is 0. The van der Waals surface area contributed by atoms with Crippen molar-refractivity contribution < 1.29 is 9.67 Å². The first-order valence-electron chi connectivity index (χ1n) is 4.82. The second kappa shape index (κ2) is 4.12. The lowest BCUT2D eigenvalue weighted by molar-refractivity contribution is 0.118. The van der Waals surface area contributed by atoms with Crippen molar-refractivity contribution in [3.05, 3.63) is 0 Å². The van der Waals surface area contributed by atoms with Crippen LogP contribution in [0, 0.1) is 5.92 Å². The van der Waals surface area contributed by atoms with E-state index in [1.165, 1.54) is 0 Å². The van der Waals surface area contributed by atoms with Crippen LogP contribution in [-0.4, -0.2) is 49.3 Å². The van der Waals surface area contributed by atoms with Gasteiger partial charge in [0.2, 0.25) is 0 Å². The van der Waals surface area contributed by atoms with Crippen molar-refractivity contribution in [2.45, 2.75) is 18.7 Å².